The average Bonchev–Trinajstić information content (AvgIpc) is 2.17. The van der Waals surface area contributed by atoms with Gasteiger partial charge in [-0.05, 0) is 0 Å². The van der Waals surface area contributed by atoms with Gasteiger partial charge in [0.1, 0.15) is 6.26 Å². The van der Waals surface area contributed by atoms with Crippen LogP contribution in [0.2, 0.25) is 0 Å². The zero-order valence-corrected chi connectivity index (χ0v) is 7.85. The molecule has 0 aliphatic carbocycles. The minimum Gasteiger partial charge on any atom is -0.433 e. The van der Waals surface area contributed by atoms with Crippen LogP contribution in [-0.2, 0) is 0 Å². The van der Waals surface area contributed by atoms with Crippen molar-refractivity contribution >= 4 is 6.01 Å². The van der Waals surface area contributed by atoms with Crippen molar-refractivity contribution in [1.29, 1.82) is 0 Å². The molecular weight excluding hydrogens is 180 g/mol. The number of rotatable bonds is 5. The summed E-state index contributed by atoms with van der Waals surface area (Å²) in [5.74, 6) is 0. The van der Waals surface area contributed by atoms with Crippen LogP contribution < -0.4 is 10.5 Å². The van der Waals surface area contributed by atoms with Crippen LogP contribution >= 0.6 is 0 Å². The summed E-state index contributed by atoms with van der Waals surface area (Å²) in [6.07, 6.45) is 4.74. The summed E-state index contributed by atoms with van der Waals surface area (Å²) in [6, 6.07) is 1.56. The highest BCUT2D eigenvalue weighted by molar-refractivity contribution is 5.27. The van der Waals surface area contributed by atoms with Crippen LogP contribution in [0.15, 0.2) is 46.9 Å². The molecule has 0 radical (unpaired) electrons. The van der Waals surface area contributed by atoms with E-state index in [1.165, 1.54) is 12.3 Å². The van der Waals surface area contributed by atoms with Crippen LogP contribution in [-0.4, -0.2) is 18.1 Å². The molecule has 1 heterocycles. The second-order valence-electron chi connectivity index (χ2n) is 2.64. The summed E-state index contributed by atoms with van der Waals surface area (Å²) in [5.41, 5.74) is -0.315. The molecule has 0 amide bonds. The van der Waals surface area contributed by atoms with Gasteiger partial charge >= 0.3 is 6.01 Å². The third kappa shape index (κ3) is 2.58. The molecule has 0 saturated heterocycles. The molecule has 0 N–H and O–H groups in total. The fraction of sp³-hybridized carbons (Fsp3) is 0.200. The molecule has 0 fully saturated rings. The van der Waals surface area contributed by atoms with Crippen molar-refractivity contribution in [2.75, 3.05) is 18.0 Å². The molecular formula is C10H12N2O2. The van der Waals surface area contributed by atoms with Gasteiger partial charge in [-0.25, -0.2) is 0 Å². The standard InChI is InChI=1S/C10H12N2O2/c1-3-6-12(7-4-2)10-11-9(13)5-8-14-10/h3-5,8H,1-2,6-7H2. The quantitative estimate of drug-likeness (QED) is 0.658. The summed E-state index contributed by atoms with van der Waals surface area (Å²) >= 11 is 0. The van der Waals surface area contributed by atoms with E-state index in [2.05, 4.69) is 18.1 Å². The van der Waals surface area contributed by atoms with Gasteiger partial charge in [-0.15, -0.1) is 13.2 Å². The lowest BCUT2D eigenvalue weighted by atomic mass is 10.5. The smallest absolute Gasteiger partial charge is 0.301 e. The zero-order valence-electron chi connectivity index (χ0n) is 7.85. The van der Waals surface area contributed by atoms with Crippen LogP contribution in [0, 0.1) is 0 Å². The molecule has 4 nitrogen and oxygen atoms in total. The van der Waals surface area contributed by atoms with Crippen LogP contribution in [0.5, 0.6) is 0 Å². The van der Waals surface area contributed by atoms with Crippen LogP contribution in [0.25, 0.3) is 0 Å². The Labute approximate surface area is 82.2 Å². The molecule has 1 aromatic rings. The Morgan fingerprint density at radius 3 is 2.57 bits per heavy atom. The molecule has 0 spiro atoms. The normalized spacial score (nSPS) is 9.43. The number of nitrogens with zero attached hydrogens (tertiary/aromatic N) is 2. The molecule has 0 bridgehead atoms. The van der Waals surface area contributed by atoms with E-state index in [0.717, 1.165) is 0 Å². The first-order valence-electron chi connectivity index (χ1n) is 4.20. The van der Waals surface area contributed by atoms with Gasteiger partial charge in [-0.3, -0.25) is 4.79 Å². The SMILES string of the molecule is C=CCN(CC=C)c1nc(=O)cco1. The summed E-state index contributed by atoms with van der Waals surface area (Å²) in [4.78, 5) is 16.4. The highest BCUT2D eigenvalue weighted by Crippen LogP contribution is 2.06. The van der Waals surface area contributed by atoms with E-state index in [1.54, 1.807) is 17.1 Å². The van der Waals surface area contributed by atoms with Crippen molar-refractivity contribution in [2.45, 2.75) is 0 Å². The van der Waals surface area contributed by atoms with E-state index >= 15 is 0 Å². The number of aromatic nitrogens is 1. The van der Waals surface area contributed by atoms with Gasteiger partial charge < -0.3 is 9.32 Å². The monoisotopic (exact) mass is 192 g/mol. The number of anilines is 1. The second-order valence-corrected chi connectivity index (χ2v) is 2.64. The fourth-order valence-corrected chi connectivity index (χ4v) is 0.999. The predicted octanol–water partition coefficient (Wildman–Crippen LogP) is 1.21. The average molecular weight is 192 g/mol. The van der Waals surface area contributed by atoms with Gasteiger partial charge in [0.05, 0.1) is 0 Å². The Hall–Kier alpha value is -1.84. The summed E-state index contributed by atoms with van der Waals surface area (Å²) in [7, 11) is 0. The Bertz CT molecular complexity index is 360. The molecule has 1 aromatic heterocycles. The van der Waals surface area contributed by atoms with Crippen molar-refractivity contribution in [3.63, 3.8) is 0 Å². The molecule has 0 saturated carbocycles. The maximum atomic E-state index is 11.0. The molecule has 0 unspecified atom stereocenters. The minimum atomic E-state index is -0.315. The van der Waals surface area contributed by atoms with Crippen LogP contribution in [0.1, 0.15) is 0 Å². The number of hydrogen-bond donors (Lipinski definition) is 0. The molecule has 0 aromatic carbocycles. The van der Waals surface area contributed by atoms with Gasteiger partial charge in [-0.1, -0.05) is 12.2 Å². The van der Waals surface area contributed by atoms with Gasteiger partial charge in [0.25, 0.3) is 5.56 Å². The summed E-state index contributed by atoms with van der Waals surface area (Å²) in [6.45, 7) is 8.34. The molecule has 14 heavy (non-hydrogen) atoms. The van der Waals surface area contributed by atoms with Crippen molar-refractivity contribution in [1.82, 2.24) is 4.98 Å². The van der Waals surface area contributed by atoms with Crippen LogP contribution in [0.3, 0.4) is 0 Å². The first-order chi connectivity index (χ1) is 6.77. The summed E-state index contributed by atoms with van der Waals surface area (Å²) < 4.78 is 5.09. The van der Waals surface area contributed by atoms with Crippen LogP contribution in [0.4, 0.5) is 6.01 Å². The minimum absolute atomic E-state index is 0.289. The predicted molar refractivity (Wildman–Crippen MR) is 55.4 cm³/mol. The molecule has 0 aliphatic rings. The van der Waals surface area contributed by atoms with Gasteiger partial charge in [-0.2, -0.15) is 4.98 Å². The van der Waals surface area contributed by atoms with Crippen molar-refractivity contribution < 1.29 is 4.42 Å². The first kappa shape index (κ1) is 10.2. The molecule has 0 atom stereocenters. The number of hydrogen-bond acceptors (Lipinski definition) is 4. The van der Waals surface area contributed by atoms with E-state index < -0.39 is 0 Å². The van der Waals surface area contributed by atoms with Gasteiger partial charge in [0.2, 0.25) is 0 Å². The third-order valence-electron chi connectivity index (χ3n) is 1.56. The fourth-order valence-electron chi connectivity index (χ4n) is 0.999. The van der Waals surface area contributed by atoms with E-state index in [1.807, 2.05) is 0 Å². The molecule has 74 valence electrons. The Morgan fingerprint density at radius 2 is 2.07 bits per heavy atom. The molecule has 1 rings (SSSR count). The first-order valence-corrected chi connectivity index (χ1v) is 4.20. The largest absolute Gasteiger partial charge is 0.433 e. The summed E-state index contributed by atoms with van der Waals surface area (Å²) in [5, 5.41) is 0. The lowest BCUT2D eigenvalue weighted by molar-refractivity contribution is 0.515. The topological polar surface area (TPSA) is 46.3 Å². The Balaban J connectivity index is 2.91. The molecule has 0 aliphatic heterocycles. The highest BCUT2D eigenvalue weighted by atomic mass is 16.4. The Kier molecular flexibility index (Phi) is 3.67. The van der Waals surface area contributed by atoms with E-state index in [-0.39, 0.29) is 11.6 Å². The zero-order chi connectivity index (χ0) is 10.4. The lowest BCUT2D eigenvalue weighted by Crippen LogP contribution is -2.25. The van der Waals surface area contributed by atoms with Gasteiger partial charge in [0, 0.05) is 19.2 Å². The van der Waals surface area contributed by atoms with Crippen molar-refractivity contribution in [3.05, 3.63) is 48.0 Å². The Morgan fingerprint density at radius 1 is 1.43 bits per heavy atom. The third-order valence-corrected chi connectivity index (χ3v) is 1.56. The second kappa shape index (κ2) is 5.01. The maximum absolute atomic E-state index is 11.0. The van der Waals surface area contributed by atoms with Crippen molar-refractivity contribution in [2.24, 2.45) is 0 Å². The van der Waals surface area contributed by atoms with Crippen molar-refractivity contribution in [3.8, 4) is 0 Å². The highest BCUT2D eigenvalue weighted by Gasteiger charge is 2.06. The van der Waals surface area contributed by atoms with E-state index in [4.69, 9.17) is 4.42 Å². The molecule has 4 heteroatoms. The van der Waals surface area contributed by atoms with E-state index in [9.17, 15) is 4.79 Å². The van der Waals surface area contributed by atoms with Gasteiger partial charge in [0.15, 0.2) is 0 Å². The lowest BCUT2D eigenvalue weighted by Gasteiger charge is -2.16. The van der Waals surface area contributed by atoms with E-state index in [0.29, 0.717) is 13.1 Å². The maximum Gasteiger partial charge on any atom is 0.301 e.